The van der Waals surface area contributed by atoms with Crippen LogP contribution in [0.25, 0.3) is 0 Å². The van der Waals surface area contributed by atoms with Crippen LogP contribution in [0.1, 0.15) is 17.3 Å². The fourth-order valence-corrected chi connectivity index (χ4v) is 1.45. The third kappa shape index (κ3) is 3.50. The zero-order chi connectivity index (χ0) is 11.4. The first-order valence-electron chi connectivity index (χ1n) is 4.26. The fourth-order valence-electron chi connectivity index (χ4n) is 0.902. The zero-order valence-corrected chi connectivity index (χ0v) is 10.2. The number of hydrogen-bond donors (Lipinski definition) is 1. The summed E-state index contributed by atoms with van der Waals surface area (Å²) in [5.74, 6) is -1.20. The highest BCUT2D eigenvalue weighted by molar-refractivity contribution is 14.1. The van der Waals surface area contributed by atoms with Crippen molar-refractivity contribution < 1.29 is 14.3 Å². The van der Waals surface area contributed by atoms with Gasteiger partial charge >= 0.3 is 5.97 Å². The number of rotatable bonds is 3. The van der Waals surface area contributed by atoms with Crippen molar-refractivity contribution >= 4 is 34.5 Å². The lowest BCUT2D eigenvalue weighted by molar-refractivity contribution is -0.125. The van der Waals surface area contributed by atoms with Gasteiger partial charge in [0, 0.05) is 3.57 Å². The number of primary amides is 1. The molecule has 0 spiro atoms. The van der Waals surface area contributed by atoms with Gasteiger partial charge in [-0.3, -0.25) is 4.79 Å². The number of halogens is 1. The molecule has 0 fully saturated rings. The van der Waals surface area contributed by atoms with Crippen molar-refractivity contribution in [3.8, 4) is 0 Å². The second kappa shape index (κ2) is 5.11. The summed E-state index contributed by atoms with van der Waals surface area (Å²) in [5, 5.41) is 0. The average Bonchev–Trinajstić information content (AvgIpc) is 2.17. The Hall–Kier alpha value is -1.11. The number of esters is 1. The van der Waals surface area contributed by atoms with E-state index in [1.807, 2.05) is 6.07 Å². The van der Waals surface area contributed by atoms with Crippen LogP contribution in [0.2, 0.25) is 0 Å². The minimum Gasteiger partial charge on any atom is -0.449 e. The zero-order valence-electron chi connectivity index (χ0n) is 8.07. The van der Waals surface area contributed by atoms with E-state index in [1.165, 1.54) is 6.92 Å². The molecule has 0 aliphatic heterocycles. The lowest BCUT2D eigenvalue weighted by Gasteiger charge is -2.09. The van der Waals surface area contributed by atoms with E-state index >= 15 is 0 Å². The summed E-state index contributed by atoms with van der Waals surface area (Å²) in [5.41, 5.74) is 5.39. The quantitative estimate of drug-likeness (QED) is 0.675. The van der Waals surface area contributed by atoms with Gasteiger partial charge in [0.1, 0.15) is 0 Å². The van der Waals surface area contributed by atoms with Gasteiger partial charge in [-0.05, 0) is 47.7 Å². The molecule has 0 heterocycles. The Morgan fingerprint density at radius 3 is 2.67 bits per heavy atom. The van der Waals surface area contributed by atoms with Crippen molar-refractivity contribution in [2.24, 2.45) is 5.73 Å². The summed E-state index contributed by atoms with van der Waals surface area (Å²) >= 11 is 2.09. The van der Waals surface area contributed by atoms with Crippen molar-refractivity contribution in [1.82, 2.24) is 0 Å². The van der Waals surface area contributed by atoms with Gasteiger partial charge in [0.05, 0.1) is 5.56 Å². The van der Waals surface area contributed by atoms with Gasteiger partial charge in [-0.1, -0.05) is 6.07 Å². The highest BCUT2D eigenvalue weighted by Crippen LogP contribution is 2.09. The van der Waals surface area contributed by atoms with Gasteiger partial charge in [0.25, 0.3) is 5.91 Å². The van der Waals surface area contributed by atoms with Crippen molar-refractivity contribution in [3.63, 3.8) is 0 Å². The molecule has 1 aromatic carbocycles. The van der Waals surface area contributed by atoms with Crippen LogP contribution >= 0.6 is 22.6 Å². The first-order valence-corrected chi connectivity index (χ1v) is 5.34. The van der Waals surface area contributed by atoms with Crippen LogP contribution in [0.3, 0.4) is 0 Å². The molecule has 2 N–H and O–H groups in total. The van der Waals surface area contributed by atoms with Gasteiger partial charge in [-0.25, -0.2) is 4.79 Å². The molecular weight excluding hydrogens is 309 g/mol. The Kier molecular flexibility index (Phi) is 4.07. The van der Waals surface area contributed by atoms with Gasteiger partial charge in [0.2, 0.25) is 0 Å². The molecule has 0 aromatic heterocycles. The number of hydrogen-bond acceptors (Lipinski definition) is 3. The molecule has 1 aromatic rings. The Morgan fingerprint density at radius 2 is 2.13 bits per heavy atom. The van der Waals surface area contributed by atoms with E-state index in [2.05, 4.69) is 22.6 Å². The molecular formula is C10H10INO3. The van der Waals surface area contributed by atoms with Gasteiger partial charge in [0.15, 0.2) is 6.10 Å². The number of amides is 1. The first kappa shape index (κ1) is 12.0. The monoisotopic (exact) mass is 319 g/mol. The predicted molar refractivity (Wildman–Crippen MR) is 63.2 cm³/mol. The topological polar surface area (TPSA) is 69.4 Å². The molecule has 0 aliphatic rings. The largest absolute Gasteiger partial charge is 0.449 e. The molecule has 80 valence electrons. The molecule has 0 saturated heterocycles. The number of ether oxygens (including phenoxy) is 1. The molecule has 0 unspecified atom stereocenters. The minimum absolute atomic E-state index is 0.412. The van der Waals surface area contributed by atoms with E-state index in [0.717, 1.165) is 3.57 Å². The van der Waals surface area contributed by atoms with Crippen molar-refractivity contribution in [3.05, 3.63) is 33.4 Å². The Bertz CT molecular complexity index is 392. The van der Waals surface area contributed by atoms with Crippen molar-refractivity contribution in [2.45, 2.75) is 13.0 Å². The number of nitrogens with two attached hydrogens (primary N) is 1. The number of carbonyl (C=O) groups is 2. The maximum Gasteiger partial charge on any atom is 0.338 e. The van der Waals surface area contributed by atoms with Crippen LogP contribution in [-0.4, -0.2) is 18.0 Å². The molecule has 1 amide bonds. The Balaban J connectivity index is 2.73. The molecule has 1 rings (SSSR count). The second-order valence-electron chi connectivity index (χ2n) is 2.96. The lowest BCUT2D eigenvalue weighted by atomic mass is 10.2. The Morgan fingerprint density at radius 1 is 1.47 bits per heavy atom. The lowest BCUT2D eigenvalue weighted by Crippen LogP contribution is -2.30. The first-order chi connectivity index (χ1) is 7.00. The third-order valence-corrected chi connectivity index (χ3v) is 2.42. The highest BCUT2D eigenvalue weighted by atomic mass is 127. The average molecular weight is 319 g/mol. The summed E-state index contributed by atoms with van der Waals surface area (Å²) in [6.07, 6.45) is -0.907. The van der Waals surface area contributed by atoms with Crippen LogP contribution in [0.4, 0.5) is 0 Å². The third-order valence-electron chi connectivity index (χ3n) is 1.74. The van der Waals surface area contributed by atoms with Crippen LogP contribution in [0.15, 0.2) is 24.3 Å². The van der Waals surface area contributed by atoms with E-state index in [4.69, 9.17) is 10.5 Å². The van der Waals surface area contributed by atoms with Crippen LogP contribution in [0, 0.1) is 3.57 Å². The van der Waals surface area contributed by atoms with Gasteiger partial charge in [-0.2, -0.15) is 0 Å². The molecule has 0 radical (unpaired) electrons. The normalized spacial score (nSPS) is 11.9. The highest BCUT2D eigenvalue weighted by Gasteiger charge is 2.15. The van der Waals surface area contributed by atoms with Crippen LogP contribution < -0.4 is 5.73 Å². The maximum absolute atomic E-state index is 11.5. The number of carbonyl (C=O) groups excluding carboxylic acids is 2. The smallest absolute Gasteiger partial charge is 0.338 e. The predicted octanol–water partition coefficient (Wildman–Crippen LogP) is 1.32. The number of benzene rings is 1. The molecule has 4 nitrogen and oxygen atoms in total. The second-order valence-corrected chi connectivity index (χ2v) is 4.21. The summed E-state index contributed by atoms with van der Waals surface area (Å²) in [7, 11) is 0. The summed E-state index contributed by atoms with van der Waals surface area (Å²) in [6, 6.07) is 6.90. The van der Waals surface area contributed by atoms with Gasteiger partial charge in [-0.15, -0.1) is 0 Å². The molecule has 15 heavy (non-hydrogen) atoms. The summed E-state index contributed by atoms with van der Waals surface area (Å²) < 4.78 is 5.76. The maximum atomic E-state index is 11.5. The van der Waals surface area contributed by atoms with Gasteiger partial charge < -0.3 is 10.5 Å². The minimum atomic E-state index is -0.907. The molecule has 1 atom stereocenters. The van der Waals surface area contributed by atoms with Crippen molar-refractivity contribution in [1.29, 1.82) is 0 Å². The summed E-state index contributed by atoms with van der Waals surface area (Å²) in [6.45, 7) is 1.44. The van der Waals surface area contributed by atoms with E-state index < -0.39 is 18.0 Å². The van der Waals surface area contributed by atoms with E-state index in [1.54, 1.807) is 18.2 Å². The molecule has 0 saturated carbocycles. The van der Waals surface area contributed by atoms with Crippen LogP contribution in [0.5, 0.6) is 0 Å². The van der Waals surface area contributed by atoms with E-state index in [-0.39, 0.29) is 0 Å². The van der Waals surface area contributed by atoms with Crippen molar-refractivity contribution in [2.75, 3.05) is 0 Å². The van der Waals surface area contributed by atoms with E-state index in [0.29, 0.717) is 5.56 Å². The van der Waals surface area contributed by atoms with Crippen LogP contribution in [-0.2, 0) is 9.53 Å². The fraction of sp³-hybridized carbons (Fsp3) is 0.200. The molecule has 0 bridgehead atoms. The van der Waals surface area contributed by atoms with E-state index in [9.17, 15) is 9.59 Å². The standard InChI is InChI=1S/C10H10INO3/c1-6(9(12)13)15-10(14)7-3-2-4-8(11)5-7/h2-6H,1H3,(H2,12,13)/t6-/m0/s1. The SMILES string of the molecule is C[C@H](OC(=O)c1cccc(I)c1)C(N)=O. The molecule has 5 heteroatoms. The summed E-state index contributed by atoms with van der Waals surface area (Å²) in [4.78, 5) is 22.2. The Labute approximate surface area is 101 Å². The molecule has 0 aliphatic carbocycles.